The van der Waals surface area contributed by atoms with E-state index in [4.69, 9.17) is 11.6 Å². The summed E-state index contributed by atoms with van der Waals surface area (Å²) in [6, 6.07) is 6.79. The van der Waals surface area contributed by atoms with E-state index in [1.807, 2.05) is 0 Å². The number of hydrogen-bond donors (Lipinski definition) is 1. The molecule has 0 saturated heterocycles. The number of halogens is 1. The van der Waals surface area contributed by atoms with E-state index in [9.17, 15) is 4.79 Å². The Morgan fingerprint density at radius 3 is 2.56 bits per heavy atom. The van der Waals surface area contributed by atoms with Crippen LogP contribution in [0.15, 0.2) is 29.4 Å². The van der Waals surface area contributed by atoms with Gasteiger partial charge in [0, 0.05) is 41.8 Å². The number of carbonyl (C=O) groups excluding carboxylic acids is 1. The predicted molar refractivity (Wildman–Crippen MR) is 112 cm³/mol. The van der Waals surface area contributed by atoms with Crippen LogP contribution < -0.4 is 5.32 Å². The monoisotopic (exact) mass is 386 g/mol. The van der Waals surface area contributed by atoms with Gasteiger partial charge in [-0.2, -0.15) is 5.10 Å². The Morgan fingerprint density at radius 2 is 1.93 bits per heavy atom. The minimum absolute atomic E-state index is 0.262. The summed E-state index contributed by atoms with van der Waals surface area (Å²) in [7, 11) is 3.85. The first-order valence-corrected chi connectivity index (χ1v) is 9.91. The highest BCUT2D eigenvalue weighted by molar-refractivity contribution is 6.30. The molecule has 2 aromatic rings. The number of nitrogens with one attached hydrogen (secondary N) is 1. The van der Waals surface area contributed by atoms with E-state index in [0.717, 1.165) is 37.8 Å². The number of hydrazone groups is 1. The first-order chi connectivity index (χ1) is 13.0. The first kappa shape index (κ1) is 19.5. The summed E-state index contributed by atoms with van der Waals surface area (Å²) in [5, 5.41) is 9.58. The number of aromatic nitrogens is 1. The molecule has 5 nitrogen and oxygen atoms in total. The van der Waals surface area contributed by atoms with Crippen molar-refractivity contribution in [2.24, 2.45) is 12.1 Å². The van der Waals surface area contributed by atoms with Crippen molar-refractivity contribution < 1.29 is 4.79 Å². The molecule has 1 aromatic carbocycles. The SMILES string of the molecule is CCc1c2c(n(C)c1CC)CCC/C2=N\N(C)C(=O)Nc1ccc(Cl)cc1. The number of rotatable bonds is 4. The lowest BCUT2D eigenvalue weighted by atomic mass is 9.91. The molecule has 144 valence electrons. The molecule has 1 heterocycles. The highest BCUT2D eigenvalue weighted by Gasteiger charge is 2.26. The van der Waals surface area contributed by atoms with Gasteiger partial charge in [0.2, 0.25) is 0 Å². The van der Waals surface area contributed by atoms with E-state index < -0.39 is 0 Å². The summed E-state index contributed by atoms with van der Waals surface area (Å²) in [5.74, 6) is 0. The maximum absolute atomic E-state index is 12.5. The number of hydrogen-bond acceptors (Lipinski definition) is 2. The molecular formula is C21H27ClN4O. The van der Waals surface area contributed by atoms with Gasteiger partial charge in [-0.05, 0) is 61.9 Å². The zero-order chi connectivity index (χ0) is 19.6. The largest absolute Gasteiger partial charge is 0.351 e. The van der Waals surface area contributed by atoms with Crippen LogP contribution in [0.2, 0.25) is 5.02 Å². The van der Waals surface area contributed by atoms with Crippen LogP contribution in [0.25, 0.3) is 0 Å². The van der Waals surface area contributed by atoms with Crippen molar-refractivity contribution in [2.75, 3.05) is 12.4 Å². The molecule has 0 atom stereocenters. The zero-order valence-electron chi connectivity index (χ0n) is 16.5. The summed E-state index contributed by atoms with van der Waals surface area (Å²) in [6.45, 7) is 4.39. The van der Waals surface area contributed by atoms with E-state index in [2.05, 4.69) is 35.9 Å². The lowest BCUT2D eigenvalue weighted by Crippen LogP contribution is -2.29. The second kappa shape index (κ2) is 8.17. The van der Waals surface area contributed by atoms with Gasteiger partial charge in [0.1, 0.15) is 0 Å². The normalized spacial score (nSPS) is 14.9. The van der Waals surface area contributed by atoms with Crippen molar-refractivity contribution in [1.82, 2.24) is 9.58 Å². The average molecular weight is 387 g/mol. The summed E-state index contributed by atoms with van der Waals surface area (Å²) in [4.78, 5) is 12.5. The van der Waals surface area contributed by atoms with Crippen LogP contribution in [0.3, 0.4) is 0 Å². The van der Waals surface area contributed by atoms with Gasteiger partial charge in [-0.15, -0.1) is 0 Å². The summed E-state index contributed by atoms with van der Waals surface area (Å²) >= 11 is 5.90. The second-order valence-electron chi connectivity index (χ2n) is 6.87. The van der Waals surface area contributed by atoms with Crippen molar-refractivity contribution >= 4 is 29.0 Å². The van der Waals surface area contributed by atoms with Crippen molar-refractivity contribution in [3.63, 3.8) is 0 Å². The Morgan fingerprint density at radius 1 is 1.22 bits per heavy atom. The number of carbonyl (C=O) groups is 1. The quantitative estimate of drug-likeness (QED) is 0.738. The number of benzene rings is 1. The van der Waals surface area contributed by atoms with Crippen molar-refractivity contribution in [3.8, 4) is 0 Å². The molecule has 0 fully saturated rings. The summed E-state index contributed by atoms with van der Waals surface area (Å²) < 4.78 is 2.33. The van der Waals surface area contributed by atoms with Gasteiger partial charge in [0.15, 0.2) is 0 Å². The van der Waals surface area contributed by atoms with Gasteiger partial charge >= 0.3 is 6.03 Å². The molecule has 0 saturated carbocycles. The maximum Gasteiger partial charge on any atom is 0.341 e. The van der Waals surface area contributed by atoms with Gasteiger partial charge in [-0.1, -0.05) is 25.4 Å². The average Bonchev–Trinajstić information content (AvgIpc) is 2.95. The van der Waals surface area contributed by atoms with Crippen LogP contribution in [0.1, 0.15) is 49.2 Å². The third-order valence-electron chi connectivity index (χ3n) is 5.21. The van der Waals surface area contributed by atoms with Crippen LogP contribution in [0.4, 0.5) is 10.5 Å². The van der Waals surface area contributed by atoms with E-state index >= 15 is 0 Å². The Kier molecular flexibility index (Phi) is 5.90. The predicted octanol–water partition coefficient (Wildman–Crippen LogP) is 5.01. The van der Waals surface area contributed by atoms with Gasteiger partial charge in [0.05, 0.1) is 5.71 Å². The fraction of sp³-hybridized carbons (Fsp3) is 0.429. The zero-order valence-corrected chi connectivity index (χ0v) is 17.2. The smallest absolute Gasteiger partial charge is 0.341 e. The Balaban J connectivity index is 1.87. The first-order valence-electron chi connectivity index (χ1n) is 9.53. The lowest BCUT2D eigenvalue weighted by molar-refractivity contribution is 0.224. The Hall–Kier alpha value is -2.27. The second-order valence-corrected chi connectivity index (χ2v) is 7.31. The van der Waals surface area contributed by atoms with Crippen LogP contribution >= 0.6 is 11.6 Å². The molecule has 3 rings (SSSR count). The third-order valence-corrected chi connectivity index (χ3v) is 5.46. The number of fused-ring (bicyclic) bond motifs is 1. The number of anilines is 1. The number of nitrogens with zero attached hydrogens (tertiary/aromatic N) is 3. The van der Waals surface area contributed by atoms with Gasteiger partial charge in [-0.25, -0.2) is 9.80 Å². The molecule has 0 bridgehead atoms. The van der Waals surface area contributed by atoms with E-state index in [0.29, 0.717) is 10.7 Å². The highest BCUT2D eigenvalue weighted by atomic mass is 35.5. The highest BCUT2D eigenvalue weighted by Crippen LogP contribution is 2.31. The molecule has 1 aliphatic rings. The van der Waals surface area contributed by atoms with Crippen molar-refractivity contribution in [3.05, 3.63) is 51.8 Å². The lowest BCUT2D eigenvalue weighted by Gasteiger charge is -2.20. The molecule has 0 spiro atoms. The number of amides is 2. The molecular weight excluding hydrogens is 360 g/mol. The molecule has 1 N–H and O–H groups in total. The van der Waals surface area contributed by atoms with E-state index in [-0.39, 0.29) is 6.03 Å². The Labute approximate surface area is 166 Å². The fourth-order valence-corrected chi connectivity index (χ4v) is 4.05. The van der Waals surface area contributed by atoms with E-state index in [1.54, 1.807) is 31.3 Å². The molecule has 0 unspecified atom stereocenters. The van der Waals surface area contributed by atoms with Crippen LogP contribution in [0.5, 0.6) is 0 Å². The van der Waals surface area contributed by atoms with Gasteiger partial charge in [-0.3, -0.25) is 0 Å². The van der Waals surface area contributed by atoms with Crippen LogP contribution in [0, 0.1) is 0 Å². The van der Waals surface area contributed by atoms with E-state index in [1.165, 1.54) is 27.5 Å². The van der Waals surface area contributed by atoms with Crippen molar-refractivity contribution in [1.29, 1.82) is 0 Å². The number of urea groups is 1. The fourth-order valence-electron chi connectivity index (χ4n) is 3.93. The van der Waals surface area contributed by atoms with Crippen LogP contribution in [-0.4, -0.2) is 28.4 Å². The standard InChI is InChI=1S/C21H27ClN4O/c1-5-16-18(6-2)25(3)19-9-7-8-17(20(16)19)24-26(4)21(27)23-15-12-10-14(22)11-13-15/h10-13H,5-9H2,1-4H3,(H,23,27)/b24-17+. The van der Waals surface area contributed by atoms with Crippen LogP contribution in [-0.2, 0) is 26.3 Å². The minimum Gasteiger partial charge on any atom is -0.351 e. The maximum atomic E-state index is 12.5. The minimum atomic E-state index is -0.262. The molecule has 1 aliphatic carbocycles. The summed E-state index contributed by atoms with van der Waals surface area (Å²) in [5.41, 5.74) is 7.07. The molecule has 0 radical (unpaired) electrons. The third kappa shape index (κ3) is 3.88. The topological polar surface area (TPSA) is 49.6 Å². The molecule has 6 heteroatoms. The van der Waals surface area contributed by atoms with Gasteiger partial charge in [0.25, 0.3) is 0 Å². The molecule has 27 heavy (non-hydrogen) atoms. The van der Waals surface area contributed by atoms with Gasteiger partial charge < -0.3 is 9.88 Å². The molecule has 0 aliphatic heterocycles. The molecule has 1 aromatic heterocycles. The summed E-state index contributed by atoms with van der Waals surface area (Å²) in [6.07, 6.45) is 5.01. The molecule has 2 amide bonds. The van der Waals surface area contributed by atoms with Crippen molar-refractivity contribution in [2.45, 2.75) is 46.0 Å². The Bertz CT molecular complexity index is 867.